The first-order valence-corrected chi connectivity index (χ1v) is 6.51. The number of halogens is 3. The first-order valence-electron chi connectivity index (χ1n) is 6.51. The van der Waals surface area contributed by atoms with Crippen molar-refractivity contribution in [2.75, 3.05) is 5.32 Å². The van der Waals surface area contributed by atoms with Crippen molar-refractivity contribution in [1.82, 2.24) is 0 Å². The van der Waals surface area contributed by atoms with E-state index in [2.05, 4.69) is 5.32 Å². The molecule has 0 aliphatic rings. The van der Waals surface area contributed by atoms with E-state index in [1.807, 2.05) is 0 Å². The first kappa shape index (κ1) is 16.5. The predicted molar refractivity (Wildman–Crippen MR) is 77.5 cm³/mol. The molecule has 0 radical (unpaired) electrons. The van der Waals surface area contributed by atoms with Crippen molar-refractivity contribution in [3.05, 3.63) is 64.7 Å². The average Bonchev–Trinajstić information content (AvgIpc) is 2.48. The number of aromatic carboxylic acids is 1. The van der Waals surface area contributed by atoms with Crippen LogP contribution in [-0.2, 0) is 6.18 Å². The van der Waals surface area contributed by atoms with Crippen LogP contribution in [0, 0.1) is 6.92 Å². The van der Waals surface area contributed by atoms with Gasteiger partial charge in [0.05, 0.1) is 22.4 Å². The number of carbonyl (C=O) groups is 2. The number of nitrogens with one attached hydrogen (secondary N) is 1. The van der Waals surface area contributed by atoms with E-state index in [4.69, 9.17) is 5.11 Å². The summed E-state index contributed by atoms with van der Waals surface area (Å²) in [6.07, 6.45) is -4.68. The van der Waals surface area contributed by atoms with Gasteiger partial charge in [-0.15, -0.1) is 0 Å². The molecule has 0 saturated heterocycles. The highest BCUT2D eigenvalue weighted by Gasteiger charge is 2.35. The summed E-state index contributed by atoms with van der Waals surface area (Å²) >= 11 is 0. The molecular weight excluding hydrogens is 311 g/mol. The molecule has 0 fully saturated rings. The standard InChI is InChI=1S/C16H12F3NO3/c1-9-6-7-13(11(8-9)15(22)23)20-14(21)10-4-2-3-5-12(10)16(17,18)19/h2-8H,1H3,(H,20,21)(H,22,23). The van der Waals surface area contributed by atoms with E-state index in [1.54, 1.807) is 13.0 Å². The molecule has 120 valence electrons. The van der Waals surface area contributed by atoms with Crippen LogP contribution in [0.25, 0.3) is 0 Å². The van der Waals surface area contributed by atoms with Crippen LogP contribution in [0.2, 0.25) is 0 Å². The lowest BCUT2D eigenvalue weighted by atomic mass is 10.1. The number of rotatable bonds is 3. The Bertz CT molecular complexity index is 769. The number of carbonyl (C=O) groups excluding carboxylic acids is 1. The fraction of sp³-hybridized carbons (Fsp3) is 0.125. The minimum Gasteiger partial charge on any atom is -0.478 e. The lowest BCUT2D eigenvalue weighted by molar-refractivity contribution is -0.137. The van der Waals surface area contributed by atoms with Crippen molar-refractivity contribution in [2.45, 2.75) is 13.1 Å². The fourth-order valence-electron chi connectivity index (χ4n) is 2.06. The number of anilines is 1. The Labute approximate surface area is 129 Å². The summed E-state index contributed by atoms with van der Waals surface area (Å²) in [5, 5.41) is 11.4. The molecule has 0 aliphatic carbocycles. The third kappa shape index (κ3) is 3.68. The van der Waals surface area contributed by atoms with Crippen LogP contribution in [0.15, 0.2) is 42.5 Å². The topological polar surface area (TPSA) is 66.4 Å². The van der Waals surface area contributed by atoms with Gasteiger partial charge in [-0.3, -0.25) is 4.79 Å². The molecule has 0 unspecified atom stereocenters. The summed E-state index contributed by atoms with van der Waals surface area (Å²) in [7, 11) is 0. The minimum atomic E-state index is -4.68. The zero-order valence-electron chi connectivity index (χ0n) is 11.9. The van der Waals surface area contributed by atoms with Gasteiger partial charge in [-0.1, -0.05) is 23.8 Å². The van der Waals surface area contributed by atoms with Crippen LogP contribution in [0.5, 0.6) is 0 Å². The second kappa shape index (κ2) is 6.12. The summed E-state index contributed by atoms with van der Waals surface area (Å²) in [4.78, 5) is 23.3. The van der Waals surface area contributed by atoms with Gasteiger partial charge in [-0.2, -0.15) is 13.2 Å². The van der Waals surface area contributed by atoms with Gasteiger partial charge < -0.3 is 10.4 Å². The summed E-state index contributed by atoms with van der Waals surface area (Å²) in [6, 6.07) is 8.53. The van der Waals surface area contributed by atoms with Crippen LogP contribution in [0.3, 0.4) is 0 Å². The van der Waals surface area contributed by atoms with Crippen LogP contribution in [-0.4, -0.2) is 17.0 Å². The maximum atomic E-state index is 12.9. The molecule has 0 spiro atoms. The normalized spacial score (nSPS) is 11.1. The van der Waals surface area contributed by atoms with Gasteiger partial charge in [0.25, 0.3) is 5.91 Å². The van der Waals surface area contributed by atoms with Crippen LogP contribution in [0.4, 0.5) is 18.9 Å². The molecule has 0 heterocycles. The van der Waals surface area contributed by atoms with Gasteiger partial charge in [0.2, 0.25) is 0 Å². The van der Waals surface area contributed by atoms with Crippen molar-refractivity contribution < 1.29 is 27.9 Å². The monoisotopic (exact) mass is 323 g/mol. The average molecular weight is 323 g/mol. The highest BCUT2D eigenvalue weighted by atomic mass is 19.4. The van der Waals surface area contributed by atoms with Crippen molar-refractivity contribution in [3.63, 3.8) is 0 Å². The Morgan fingerprint density at radius 1 is 1.04 bits per heavy atom. The van der Waals surface area contributed by atoms with Crippen LogP contribution in [0.1, 0.15) is 31.8 Å². The predicted octanol–water partition coefficient (Wildman–Crippen LogP) is 3.96. The van der Waals surface area contributed by atoms with E-state index in [-0.39, 0.29) is 11.3 Å². The Morgan fingerprint density at radius 2 is 1.70 bits per heavy atom. The molecular formula is C16H12F3NO3. The number of amides is 1. The SMILES string of the molecule is Cc1ccc(NC(=O)c2ccccc2C(F)(F)F)c(C(=O)O)c1. The lowest BCUT2D eigenvalue weighted by Crippen LogP contribution is -2.20. The molecule has 2 rings (SSSR count). The fourth-order valence-corrected chi connectivity index (χ4v) is 2.06. The van der Waals surface area contributed by atoms with Gasteiger partial charge in [0, 0.05) is 0 Å². The zero-order chi connectivity index (χ0) is 17.2. The molecule has 0 atom stereocenters. The maximum absolute atomic E-state index is 12.9. The molecule has 2 aromatic carbocycles. The highest BCUT2D eigenvalue weighted by Crippen LogP contribution is 2.32. The largest absolute Gasteiger partial charge is 0.478 e. The molecule has 0 aromatic heterocycles. The van der Waals surface area contributed by atoms with E-state index in [9.17, 15) is 22.8 Å². The van der Waals surface area contributed by atoms with E-state index < -0.39 is 29.2 Å². The maximum Gasteiger partial charge on any atom is 0.417 e. The third-order valence-electron chi connectivity index (χ3n) is 3.13. The Morgan fingerprint density at radius 3 is 2.30 bits per heavy atom. The van der Waals surface area contributed by atoms with E-state index in [1.165, 1.54) is 24.3 Å². The van der Waals surface area contributed by atoms with E-state index in [0.717, 1.165) is 12.1 Å². The second-order valence-electron chi connectivity index (χ2n) is 4.85. The number of aryl methyl sites for hydroxylation is 1. The van der Waals surface area contributed by atoms with E-state index >= 15 is 0 Å². The number of hydrogen-bond donors (Lipinski definition) is 2. The molecule has 4 nitrogen and oxygen atoms in total. The summed E-state index contributed by atoms with van der Waals surface area (Å²) in [5.74, 6) is -2.31. The molecule has 0 bridgehead atoms. The Hall–Kier alpha value is -2.83. The molecule has 0 aliphatic heterocycles. The number of hydrogen-bond acceptors (Lipinski definition) is 2. The number of alkyl halides is 3. The van der Waals surface area contributed by atoms with Gasteiger partial charge in [0.1, 0.15) is 0 Å². The van der Waals surface area contributed by atoms with Gasteiger partial charge >= 0.3 is 12.1 Å². The van der Waals surface area contributed by atoms with Crippen molar-refractivity contribution >= 4 is 17.6 Å². The molecule has 7 heteroatoms. The minimum absolute atomic E-state index is 0.0647. The third-order valence-corrected chi connectivity index (χ3v) is 3.13. The van der Waals surface area contributed by atoms with Crippen molar-refractivity contribution in [2.24, 2.45) is 0 Å². The van der Waals surface area contributed by atoms with Crippen molar-refractivity contribution in [1.29, 1.82) is 0 Å². The summed E-state index contributed by atoms with van der Waals surface area (Å²) in [5.41, 5.74) is -1.26. The zero-order valence-corrected chi connectivity index (χ0v) is 11.9. The van der Waals surface area contributed by atoms with Gasteiger partial charge in [-0.05, 0) is 31.2 Å². The molecule has 23 heavy (non-hydrogen) atoms. The van der Waals surface area contributed by atoms with Gasteiger partial charge in [0.15, 0.2) is 0 Å². The van der Waals surface area contributed by atoms with Crippen LogP contribution >= 0.6 is 0 Å². The number of carboxylic acids is 1. The number of benzene rings is 2. The van der Waals surface area contributed by atoms with Crippen molar-refractivity contribution in [3.8, 4) is 0 Å². The Balaban J connectivity index is 2.40. The van der Waals surface area contributed by atoms with Crippen LogP contribution < -0.4 is 5.32 Å². The first-order chi connectivity index (χ1) is 10.7. The molecule has 2 aromatic rings. The quantitative estimate of drug-likeness (QED) is 0.898. The van der Waals surface area contributed by atoms with Gasteiger partial charge in [-0.25, -0.2) is 4.79 Å². The lowest BCUT2D eigenvalue weighted by Gasteiger charge is -2.14. The molecule has 2 N–H and O–H groups in total. The summed E-state index contributed by atoms with van der Waals surface area (Å²) < 4.78 is 38.8. The number of carboxylic acid groups (broad SMARTS) is 1. The summed E-state index contributed by atoms with van der Waals surface area (Å²) in [6.45, 7) is 1.66. The highest BCUT2D eigenvalue weighted by molar-refractivity contribution is 6.08. The Kier molecular flexibility index (Phi) is 4.40. The molecule has 1 amide bonds. The van der Waals surface area contributed by atoms with E-state index in [0.29, 0.717) is 5.56 Å². The second-order valence-corrected chi connectivity index (χ2v) is 4.85. The smallest absolute Gasteiger partial charge is 0.417 e. The molecule has 0 saturated carbocycles.